The van der Waals surface area contributed by atoms with E-state index in [1.807, 2.05) is 6.92 Å². The standard InChI is InChI=1S/C12H22N4O/c1-4-13-9(3)11-15-16-12(17-11)14-8(2)10-6-5-7-10/h8-10,13H,4-7H2,1-3H3,(H,14,16). The molecule has 0 spiro atoms. The van der Waals surface area contributed by atoms with Crippen molar-refractivity contribution >= 4 is 6.01 Å². The molecule has 1 aliphatic carbocycles. The van der Waals surface area contributed by atoms with Crippen molar-refractivity contribution in [2.24, 2.45) is 5.92 Å². The maximum atomic E-state index is 5.59. The molecule has 1 saturated carbocycles. The van der Waals surface area contributed by atoms with Gasteiger partial charge in [-0.3, -0.25) is 0 Å². The molecule has 2 atom stereocenters. The van der Waals surface area contributed by atoms with Crippen LogP contribution in [0.5, 0.6) is 0 Å². The SMILES string of the molecule is CCNC(C)c1nnc(NC(C)C2CCC2)o1. The number of hydrogen-bond acceptors (Lipinski definition) is 5. The number of rotatable bonds is 6. The second kappa shape index (κ2) is 5.49. The Morgan fingerprint density at radius 2 is 2.12 bits per heavy atom. The minimum absolute atomic E-state index is 0.113. The minimum atomic E-state index is 0.113. The van der Waals surface area contributed by atoms with Crippen LogP contribution < -0.4 is 10.6 Å². The molecule has 0 saturated heterocycles. The zero-order valence-electron chi connectivity index (χ0n) is 10.9. The third-order valence-corrected chi connectivity index (χ3v) is 3.53. The van der Waals surface area contributed by atoms with Crippen molar-refractivity contribution in [3.63, 3.8) is 0 Å². The van der Waals surface area contributed by atoms with Crippen molar-refractivity contribution in [2.45, 2.75) is 52.1 Å². The summed E-state index contributed by atoms with van der Waals surface area (Å²) in [6, 6.07) is 1.08. The second-order valence-corrected chi connectivity index (χ2v) is 4.85. The zero-order chi connectivity index (χ0) is 12.3. The van der Waals surface area contributed by atoms with E-state index < -0.39 is 0 Å². The fourth-order valence-corrected chi connectivity index (χ4v) is 2.11. The first kappa shape index (κ1) is 12.4. The summed E-state index contributed by atoms with van der Waals surface area (Å²) in [4.78, 5) is 0. The largest absolute Gasteiger partial charge is 0.406 e. The van der Waals surface area contributed by atoms with Gasteiger partial charge in [0.15, 0.2) is 0 Å². The number of hydrogen-bond donors (Lipinski definition) is 2. The minimum Gasteiger partial charge on any atom is -0.406 e. The molecule has 0 aromatic carbocycles. The Bertz CT molecular complexity index is 348. The molecule has 0 aliphatic heterocycles. The van der Waals surface area contributed by atoms with Gasteiger partial charge in [0.1, 0.15) is 0 Å². The van der Waals surface area contributed by atoms with Crippen molar-refractivity contribution in [3.8, 4) is 0 Å². The molecule has 1 aliphatic rings. The smallest absolute Gasteiger partial charge is 0.315 e. The van der Waals surface area contributed by atoms with Crippen LogP contribution in [0.25, 0.3) is 0 Å². The molecular formula is C12H22N4O. The third-order valence-electron chi connectivity index (χ3n) is 3.53. The van der Waals surface area contributed by atoms with Crippen LogP contribution >= 0.6 is 0 Å². The summed E-state index contributed by atoms with van der Waals surface area (Å²) in [5.41, 5.74) is 0. The molecule has 0 amide bonds. The fraction of sp³-hybridized carbons (Fsp3) is 0.833. The molecule has 5 nitrogen and oxygen atoms in total. The van der Waals surface area contributed by atoms with Gasteiger partial charge in [0, 0.05) is 6.04 Å². The first-order valence-corrected chi connectivity index (χ1v) is 6.54. The van der Waals surface area contributed by atoms with Gasteiger partial charge in [-0.1, -0.05) is 18.4 Å². The highest BCUT2D eigenvalue weighted by Gasteiger charge is 2.25. The van der Waals surface area contributed by atoms with Gasteiger partial charge in [-0.25, -0.2) is 0 Å². The predicted molar refractivity (Wildman–Crippen MR) is 66.8 cm³/mol. The lowest BCUT2D eigenvalue weighted by Gasteiger charge is -2.31. The molecule has 1 aromatic heterocycles. The van der Waals surface area contributed by atoms with Crippen LogP contribution in [0.1, 0.15) is 52.0 Å². The molecule has 96 valence electrons. The summed E-state index contributed by atoms with van der Waals surface area (Å²) in [5, 5.41) is 14.6. The summed E-state index contributed by atoms with van der Waals surface area (Å²) in [5.74, 6) is 1.41. The van der Waals surface area contributed by atoms with Gasteiger partial charge in [0.25, 0.3) is 0 Å². The highest BCUT2D eigenvalue weighted by atomic mass is 16.4. The average molecular weight is 238 g/mol. The molecule has 2 rings (SSSR count). The van der Waals surface area contributed by atoms with Crippen LogP contribution in [0, 0.1) is 5.92 Å². The van der Waals surface area contributed by atoms with Gasteiger partial charge < -0.3 is 15.1 Å². The Hall–Kier alpha value is -1.10. The number of aromatic nitrogens is 2. The van der Waals surface area contributed by atoms with E-state index in [4.69, 9.17) is 4.42 Å². The van der Waals surface area contributed by atoms with Crippen LogP contribution in [-0.4, -0.2) is 22.8 Å². The van der Waals surface area contributed by atoms with E-state index in [0.717, 1.165) is 12.5 Å². The van der Waals surface area contributed by atoms with Crippen LogP contribution in [0.15, 0.2) is 4.42 Å². The number of anilines is 1. The lowest BCUT2D eigenvalue weighted by molar-refractivity contribution is 0.281. The van der Waals surface area contributed by atoms with E-state index in [0.29, 0.717) is 17.9 Å². The first-order chi connectivity index (χ1) is 8.20. The van der Waals surface area contributed by atoms with Crippen molar-refractivity contribution in [2.75, 3.05) is 11.9 Å². The van der Waals surface area contributed by atoms with E-state index >= 15 is 0 Å². The van der Waals surface area contributed by atoms with Gasteiger partial charge in [0.05, 0.1) is 6.04 Å². The Morgan fingerprint density at radius 3 is 2.71 bits per heavy atom. The van der Waals surface area contributed by atoms with E-state index in [-0.39, 0.29) is 6.04 Å². The first-order valence-electron chi connectivity index (χ1n) is 6.54. The van der Waals surface area contributed by atoms with Crippen LogP contribution in [0.4, 0.5) is 6.01 Å². The van der Waals surface area contributed by atoms with Crippen molar-refractivity contribution in [3.05, 3.63) is 5.89 Å². The van der Waals surface area contributed by atoms with Crippen LogP contribution in [-0.2, 0) is 0 Å². The van der Waals surface area contributed by atoms with Gasteiger partial charge in [-0.05, 0) is 39.2 Å². The molecule has 5 heteroatoms. The maximum absolute atomic E-state index is 5.59. The number of nitrogens with one attached hydrogen (secondary N) is 2. The topological polar surface area (TPSA) is 63.0 Å². The number of nitrogens with zero attached hydrogens (tertiary/aromatic N) is 2. The average Bonchev–Trinajstić information content (AvgIpc) is 2.63. The Morgan fingerprint density at radius 1 is 1.35 bits per heavy atom. The van der Waals surface area contributed by atoms with Gasteiger partial charge >= 0.3 is 6.01 Å². The highest BCUT2D eigenvalue weighted by Crippen LogP contribution is 2.30. The third kappa shape index (κ3) is 2.97. The van der Waals surface area contributed by atoms with Gasteiger partial charge in [0.2, 0.25) is 5.89 Å². The Labute approximate surface area is 102 Å². The van der Waals surface area contributed by atoms with Crippen molar-refractivity contribution in [1.82, 2.24) is 15.5 Å². The molecule has 2 unspecified atom stereocenters. The summed E-state index contributed by atoms with van der Waals surface area (Å²) in [7, 11) is 0. The van der Waals surface area contributed by atoms with E-state index in [1.54, 1.807) is 0 Å². The van der Waals surface area contributed by atoms with Gasteiger partial charge in [-0.2, -0.15) is 0 Å². The lowest BCUT2D eigenvalue weighted by atomic mass is 9.80. The molecule has 0 bridgehead atoms. The fourth-order valence-electron chi connectivity index (χ4n) is 2.11. The summed E-state index contributed by atoms with van der Waals surface area (Å²) < 4.78 is 5.59. The monoisotopic (exact) mass is 238 g/mol. The predicted octanol–water partition coefficient (Wildman–Crippen LogP) is 2.34. The quantitative estimate of drug-likeness (QED) is 0.796. The molecule has 1 heterocycles. The molecule has 17 heavy (non-hydrogen) atoms. The van der Waals surface area contributed by atoms with Crippen molar-refractivity contribution in [1.29, 1.82) is 0 Å². The van der Waals surface area contributed by atoms with Crippen molar-refractivity contribution < 1.29 is 4.42 Å². The summed E-state index contributed by atoms with van der Waals surface area (Å²) in [6.07, 6.45) is 3.97. The molecule has 1 aromatic rings. The van der Waals surface area contributed by atoms with Gasteiger partial charge in [-0.15, -0.1) is 5.10 Å². The normalized spacial score (nSPS) is 19.7. The van der Waals surface area contributed by atoms with E-state index in [1.165, 1.54) is 19.3 Å². The van der Waals surface area contributed by atoms with Crippen LogP contribution in [0.2, 0.25) is 0 Å². The maximum Gasteiger partial charge on any atom is 0.315 e. The highest BCUT2D eigenvalue weighted by molar-refractivity contribution is 5.20. The van der Waals surface area contributed by atoms with Crippen LogP contribution in [0.3, 0.4) is 0 Å². The Balaban J connectivity index is 1.88. The second-order valence-electron chi connectivity index (χ2n) is 4.85. The molecule has 1 fully saturated rings. The Kier molecular flexibility index (Phi) is 3.99. The summed E-state index contributed by atoms with van der Waals surface area (Å²) >= 11 is 0. The molecule has 2 N–H and O–H groups in total. The summed E-state index contributed by atoms with van der Waals surface area (Å²) in [6.45, 7) is 7.16. The zero-order valence-corrected chi connectivity index (χ0v) is 10.9. The molecular weight excluding hydrogens is 216 g/mol. The van der Waals surface area contributed by atoms with E-state index in [9.17, 15) is 0 Å². The van der Waals surface area contributed by atoms with E-state index in [2.05, 4.69) is 34.7 Å². The molecule has 0 radical (unpaired) electrons. The lowest BCUT2D eigenvalue weighted by Crippen LogP contribution is -2.30.